The molecule has 0 unspecified atom stereocenters. The number of halogens is 1. The maximum absolute atomic E-state index is 12.4. The van der Waals surface area contributed by atoms with Crippen LogP contribution in [0.5, 0.6) is 0 Å². The summed E-state index contributed by atoms with van der Waals surface area (Å²) in [4.78, 5) is 10.9. The molecule has 6 nitrogen and oxygen atoms in total. The van der Waals surface area contributed by atoms with Gasteiger partial charge in [0.25, 0.3) is 5.69 Å². The molecule has 0 N–H and O–H groups in total. The second-order valence-electron chi connectivity index (χ2n) is 4.21. The zero-order valence-corrected chi connectivity index (χ0v) is 13.3. The number of nitro groups is 1. The van der Waals surface area contributed by atoms with Crippen LogP contribution in [0.25, 0.3) is 0 Å². The fourth-order valence-electron chi connectivity index (χ4n) is 1.68. The van der Waals surface area contributed by atoms with Crippen LogP contribution in [0.1, 0.15) is 4.88 Å². The number of thiophene rings is 1. The Morgan fingerprint density at radius 3 is 2.67 bits per heavy atom. The predicted octanol–water partition coefficient (Wildman–Crippen LogP) is 3.13. The summed E-state index contributed by atoms with van der Waals surface area (Å²) in [5.41, 5.74) is -0.428. The summed E-state index contributed by atoms with van der Waals surface area (Å²) >= 11 is 7.13. The average molecular weight is 347 g/mol. The zero-order chi connectivity index (χ0) is 15.6. The molecule has 0 radical (unpaired) electrons. The Hall–Kier alpha value is -1.48. The van der Waals surface area contributed by atoms with Crippen LogP contribution in [0.3, 0.4) is 0 Å². The third kappa shape index (κ3) is 3.41. The van der Waals surface area contributed by atoms with Gasteiger partial charge in [-0.3, -0.25) is 10.1 Å². The van der Waals surface area contributed by atoms with Crippen molar-refractivity contribution < 1.29 is 13.3 Å². The first-order valence-corrected chi connectivity index (χ1v) is 8.45. The Bertz CT molecular complexity index is 760. The molecule has 21 heavy (non-hydrogen) atoms. The van der Waals surface area contributed by atoms with Crippen molar-refractivity contribution in [1.29, 1.82) is 0 Å². The summed E-state index contributed by atoms with van der Waals surface area (Å²) in [5, 5.41) is 12.6. The normalized spacial score (nSPS) is 11.8. The van der Waals surface area contributed by atoms with E-state index in [-0.39, 0.29) is 16.5 Å². The molecule has 1 aromatic carbocycles. The molecule has 112 valence electrons. The molecule has 1 heterocycles. The molecule has 0 atom stereocenters. The van der Waals surface area contributed by atoms with Crippen LogP contribution in [-0.4, -0.2) is 24.7 Å². The molecular weight excluding hydrogens is 336 g/mol. The lowest BCUT2D eigenvalue weighted by molar-refractivity contribution is -0.384. The van der Waals surface area contributed by atoms with E-state index >= 15 is 0 Å². The van der Waals surface area contributed by atoms with Crippen molar-refractivity contribution in [1.82, 2.24) is 4.31 Å². The molecule has 0 spiro atoms. The first-order valence-electron chi connectivity index (χ1n) is 5.75. The van der Waals surface area contributed by atoms with E-state index in [4.69, 9.17) is 11.6 Å². The van der Waals surface area contributed by atoms with Gasteiger partial charge in [0.2, 0.25) is 10.0 Å². The monoisotopic (exact) mass is 346 g/mol. The van der Waals surface area contributed by atoms with E-state index in [9.17, 15) is 18.5 Å². The molecular formula is C12H11ClN2O4S2. The molecule has 0 bridgehead atoms. The smallest absolute Gasteiger partial charge is 0.258 e. The highest BCUT2D eigenvalue weighted by molar-refractivity contribution is 7.89. The first-order chi connectivity index (χ1) is 9.82. The molecule has 0 aliphatic heterocycles. The molecule has 0 aliphatic rings. The Morgan fingerprint density at radius 2 is 2.10 bits per heavy atom. The van der Waals surface area contributed by atoms with Crippen molar-refractivity contribution in [2.45, 2.75) is 11.4 Å². The maximum atomic E-state index is 12.4. The third-order valence-electron chi connectivity index (χ3n) is 2.78. The minimum Gasteiger partial charge on any atom is -0.258 e. The van der Waals surface area contributed by atoms with Gasteiger partial charge in [-0.2, -0.15) is 4.31 Å². The van der Waals surface area contributed by atoms with Crippen molar-refractivity contribution in [3.8, 4) is 0 Å². The molecule has 9 heteroatoms. The number of hydrogen-bond acceptors (Lipinski definition) is 5. The van der Waals surface area contributed by atoms with Gasteiger partial charge < -0.3 is 0 Å². The van der Waals surface area contributed by atoms with Gasteiger partial charge in [-0.05, 0) is 23.6 Å². The number of hydrogen-bond donors (Lipinski definition) is 0. The van der Waals surface area contributed by atoms with Crippen LogP contribution in [0, 0.1) is 10.1 Å². The SMILES string of the molecule is CN(Cc1cccs1)S(=O)(=O)c1ccc(Cl)c([N+](=O)[O-])c1. The van der Waals surface area contributed by atoms with Crippen LogP contribution in [0.15, 0.2) is 40.6 Å². The lowest BCUT2D eigenvalue weighted by Gasteiger charge is -2.16. The lowest BCUT2D eigenvalue weighted by Crippen LogP contribution is -2.26. The van der Waals surface area contributed by atoms with Crippen LogP contribution in [-0.2, 0) is 16.6 Å². The summed E-state index contributed by atoms with van der Waals surface area (Å²) in [7, 11) is -2.38. The topological polar surface area (TPSA) is 80.5 Å². The van der Waals surface area contributed by atoms with Gasteiger partial charge in [0.1, 0.15) is 5.02 Å². The van der Waals surface area contributed by atoms with Gasteiger partial charge in [0.15, 0.2) is 0 Å². The summed E-state index contributed by atoms with van der Waals surface area (Å²) < 4.78 is 26.0. The maximum Gasteiger partial charge on any atom is 0.289 e. The Labute approximate surface area is 130 Å². The third-order valence-corrected chi connectivity index (χ3v) is 5.76. The minimum absolute atomic E-state index is 0.0974. The van der Waals surface area contributed by atoms with Gasteiger partial charge in [0, 0.05) is 24.5 Å². The highest BCUT2D eigenvalue weighted by atomic mass is 35.5. The summed E-state index contributed by atoms with van der Waals surface area (Å²) in [6, 6.07) is 7.10. The first kappa shape index (κ1) is 15.9. The van der Waals surface area contributed by atoms with Crippen molar-refractivity contribution in [2.24, 2.45) is 0 Å². The number of benzene rings is 1. The van der Waals surface area contributed by atoms with E-state index in [0.717, 1.165) is 15.2 Å². The van der Waals surface area contributed by atoms with Crippen LogP contribution < -0.4 is 0 Å². The molecule has 0 aliphatic carbocycles. The fourth-order valence-corrected chi connectivity index (χ4v) is 3.87. The Morgan fingerprint density at radius 1 is 1.38 bits per heavy atom. The van der Waals surface area contributed by atoms with Gasteiger partial charge in [-0.15, -0.1) is 11.3 Å². The minimum atomic E-state index is -3.81. The van der Waals surface area contributed by atoms with Crippen LogP contribution >= 0.6 is 22.9 Å². The van der Waals surface area contributed by atoms with E-state index in [2.05, 4.69) is 0 Å². The van der Waals surface area contributed by atoms with E-state index in [1.807, 2.05) is 17.5 Å². The number of rotatable bonds is 5. The van der Waals surface area contributed by atoms with Gasteiger partial charge in [0.05, 0.1) is 9.82 Å². The molecule has 0 saturated heterocycles. The predicted molar refractivity (Wildman–Crippen MR) is 81.1 cm³/mol. The van der Waals surface area contributed by atoms with E-state index in [1.165, 1.54) is 30.5 Å². The second kappa shape index (κ2) is 6.10. The molecule has 2 rings (SSSR count). The van der Waals surface area contributed by atoms with Gasteiger partial charge in [-0.25, -0.2) is 8.42 Å². The van der Waals surface area contributed by atoms with Crippen molar-refractivity contribution >= 4 is 38.6 Å². The van der Waals surface area contributed by atoms with E-state index in [0.29, 0.717) is 0 Å². The number of nitro benzene ring substituents is 1. The molecule has 2 aromatic rings. The standard InChI is InChI=1S/C12H11ClN2O4S2/c1-14(8-9-3-2-6-20-9)21(18,19)10-4-5-11(13)12(7-10)15(16)17/h2-7H,8H2,1H3. The van der Waals surface area contributed by atoms with Crippen molar-refractivity contribution in [2.75, 3.05) is 7.05 Å². The molecule has 1 aromatic heterocycles. The second-order valence-corrected chi connectivity index (χ2v) is 7.70. The Balaban J connectivity index is 2.35. The zero-order valence-electron chi connectivity index (χ0n) is 10.9. The number of sulfonamides is 1. The number of nitrogens with zero attached hydrogens (tertiary/aromatic N) is 2. The van der Waals surface area contributed by atoms with E-state index < -0.39 is 20.6 Å². The van der Waals surface area contributed by atoms with Gasteiger partial charge >= 0.3 is 0 Å². The Kier molecular flexibility index (Phi) is 4.62. The van der Waals surface area contributed by atoms with Crippen LogP contribution in [0.2, 0.25) is 5.02 Å². The van der Waals surface area contributed by atoms with E-state index in [1.54, 1.807) is 0 Å². The lowest BCUT2D eigenvalue weighted by atomic mass is 10.3. The van der Waals surface area contributed by atoms with Crippen LogP contribution in [0.4, 0.5) is 5.69 Å². The quantitative estimate of drug-likeness (QED) is 0.615. The summed E-state index contributed by atoms with van der Waals surface area (Å²) in [5.74, 6) is 0. The largest absolute Gasteiger partial charge is 0.289 e. The molecule has 0 fully saturated rings. The van der Waals surface area contributed by atoms with Crippen molar-refractivity contribution in [3.05, 3.63) is 55.7 Å². The summed E-state index contributed by atoms with van der Waals surface area (Å²) in [6.45, 7) is 0.205. The fraction of sp³-hybridized carbons (Fsp3) is 0.167. The molecule has 0 saturated carbocycles. The molecule has 0 amide bonds. The summed E-state index contributed by atoms with van der Waals surface area (Å²) in [6.07, 6.45) is 0. The highest BCUT2D eigenvalue weighted by Gasteiger charge is 2.24. The average Bonchev–Trinajstić information content (AvgIpc) is 2.91. The highest BCUT2D eigenvalue weighted by Crippen LogP contribution is 2.28. The van der Waals surface area contributed by atoms with Crippen molar-refractivity contribution in [3.63, 3.8) is 0 Å². The van der Waals surface area contributed by atoms with Gasteiger partial charge in [-0.1, -0.05) is 17.7 Å².